The van der Waals surface area contributed by atoms with Crippen LogP contribution in [0.25, 0.3) is 0 Å². The van der Waals surface area contributed by atoms with Crippen molar-refractivity contribution in [1.29, 1.82) is 0 Å². The van der Waals surface area contributed by atoms with E-state index >= 15 is 0 Å². The quantitative estimate of drug-likeness (QED) is 0.659. The van der Waals surface area contributed by atoms with Gasteiger partial charge in [-0.2, -0.15) is 0 Å². The number of hydrogen-bond donors (Lipinski definition) is 0. The van der Waals surface area contributed by atoms with Crippen LogP contribution in [0.5, 0.6) is 0 Å². The molecule has 0 spiro atoms. The molecule has 2 bridgehead atoms. The number of rotatable bonds is 1. The van der Waals surface area contributed by atoms with Crippen LogP contribution in [0.15, 0.2) is 24.5 Å². The van der Waals surface area contributed by atoms with E-state index in [2.05, 4.69) is 41.0 Å². The molecular formula is C12H18N2. The fourth-order valence-electron chi connectivity index (χ4n) is 3.22. The Labute approximate surface area is 85.5 Å². The van der Waals surface area contributed by atoms with E-state index in [4.69, 9.17) is 0 Å². The molecule has 2 fully saturated rings. The minimum absolute atomic E-state index is 0.763. The molecule has 2 aliphatic rings. The molecule has 2 heteroatoms. The summed E-state index contributed by atoms with van der Waals surface area (Å²) in [4.78, 5) is 2.60. The largest absolute Gasteiger partial charge is 0.351 e. The van der Waals surface area contributed by atoms with Gasteiger partial charge in [-0.05, 0) is 44.9 Å². The summed E-state index contributed by atoms with van der Waals surface area (Å²) in [7, 11) is 2.30. The van der Waals surface area contributed by atoms with Crippen molar-refractivity contribution in [3.8, 4) is 0 Å². The first-order valence-corrected chi connectivity index (χ1v) is 5.69. The SMILES string of the molecule is CN1[C@H]2CC[C@H]1CC(n1cccc1)C2. The molecule has 2 nitrogen and oxygen atoms in total. The Morgan fingerprint density at radius 2 is 1.50 bits per heavy atom. The van der Waals surface area contributed by atoms with Crippen molar-refractivity contribution >= 4 is 0 Å². The highest BCUT2D eigenvalue weighted by molar-refractivity contribution is 5.00. The van der Waals surface area contributed by atoms with Crippen LogP contribution >= 0.6 is 0 Å². The molecule has 0 aliphatic carbocycles. The maximum absolute atomic E-state index is 2.60. The normalized spacial score (nSPS) is 37.6. The number of piperidine rings is 1. The second-order valence-electron chi connectivity index (χ2n) is 4.81. The van der Waals surface area contributed by atoms with Gasteiger partial charge in [0.2, 0.25) is 0 Å². The predicted molar refractivity (Wildman–Crippen MR) is 57.3 cm³/mol. The van der Waals surface area contributed by atoms with Crippen LogP contribution in [0.3, 0.4) is 0 Å². The second-order valence-corrected chi connectivity index (χ2v) is 4.81. The minimum atomic E-state index is 0.763. The van der Waals surface area contributed by atoms with Crippen LogP contribution < -0.4 is 0 Å². The summed E-state index contributed by atoms with van der Waals surface area (Å²) in [6.07, 6.45) is 9.96. The topological polar surface area (TPSA) is 8.17 Å². The lowest BCUT2D eigenvalue weighted by molar-refractivity contribution is 0.137. The zero-order valence-corrected chi connectivity index (χ0v) is 8.76. The maximum atomic E-state index is 2.60. The fourth-order valence-corrected chi connectivity index (χ4v) is 3.22. The Morgan fingerprint density at radius 3 is 2.07 bits per heavy atom. The van der Waals surface area contributed by atoms with Gasteiger partial charge in [0.15, 0.2) is 0 Å². The summed E-state index contributed by atoms with van der Waals surface area (Å²) < 4.78 is 2.40. The van der Waals surface area contributed by atoms with E-state index in [0.717, 1.165) is 18.1 Å². The Bertz CT molecular complexity index is 290. The molecule has 0 radical (unpaired) electrons. The highest BCUT2D eigenvalue weighted by Crippen LogP contribution is 2.39. The standard InChI is InChI=1S/C12H18N2/c1-13-10-4-5-11(13)9-12(8-10)14-6-2-3-7-14/h2-3,6-7,10-12H,4-5,8-9H2,1H3/t10-,11-/m0/s1. The number of aromatic nitrogens is 1. The molecule has 14 heavy (non-hydrogen) atoms. The van der Waals surface area contributed by atoms with E-state index in [9.17, 15) is 0 Å². The third kappa shape index (κ3) is 1.21. The molecule has 1 aromatic rings. The summed E-state index contributed by atoms with van der Waals surface area (Å²) in [5, 5.41) is 0. The Hall–Kier alpha value is -0.760. The van der Waals surface area contributed by atoms with Gasteiger partial charge >= 0.3 is 0 Å². The average Bonchev–Trinajstić information content (AvgIpc) is 2.75. The van der Waals surface area contributed by atoms with Gasteiger partial charge in [0, 0.05) is 30.5 Å². The lowest BCUT2D eigenvalue weighted by Gasteiger charge is -2.37. The van der Waals surface area contributed by atoms with Crippen LogP contribution in [0.1, 0.15) is 31.7 Å². The summed E-state index contributed by atoms with van der Waals surface area (Å²) in [6.45, 7) is 0. The third-order valence-corrected chi connectivity index (χ3v) is 4.12. The predicted octanol–water partition coefficient (Wildman–Crippen LogP) is 2.29. The zero-order valence-electron chi connectivity index (χ0n) is 8.76. The van der Waals surface area contributed by atoms with Crippen molar-refractivity contribution in [2.75, 3.05) is 7.05 Å². The monoisotopic (exact) mass is 190 g/mol. The summed E-state index contributed by atoms with van der Waals surface area (Å²) in [5.41, 5.74) is 0. The zero-order chi connectivity index (χ0) is 9.54. The maximum Gasteiger partial charge on any atom is 0.0360 e. The molecule has 2 aliphatic heterocycles. The lowest BCUT2D eigenvalue weighted by Crippen LogP contribution is -2.40. The Morgan fingerprint density at radius 1 is 0.929 bits per heavy atom. The van der Waals surface area contributed by atoms with Crippen molar-refractivity contribution in [2.24, 2.45) is 0 Å². The van der Waals surface area contributed by atoms with E-state index in [1.54, 1.807) is 0 Å². The van der Waals surface area contributed by atoms with Gasteiger partial charge in [-0.25, -0.2) is 0 Å². The minimum Gasteiger partial charge on any atom is -0.351 e. The van der Waals surface area contributed by atoms with Crippen LogP contribution in [-0.4, -0.2) is 28.6 Å². The van der Waals surface area contributed by atoms with Gasteiger partial charge in [0.1, 0.15) is 0 Å². The highest BCUT2D eigenvalue weighted by Gasteiger charge is 2.38. The molecule has 2 atom stereocenters. The molecular weight excluding hydrogens is 172 g/mol. The van der Waals surface area contributed by atoms with Gasteiger partial charge in [-0.15, -0.1) is 0 Å². The van der Waals surface area contributed by atoms with E-state index in [1.165, 1.54) is 25.7 Å². The van der Waals surface area contributed by atoms with Crippen LogP contribution in [0.4, 0.5) is 0 Å². The molecule has 3 heterocycles. The van der Waals surface area contributed by atoms with Gasteiger partial charge in [0.05, 0.1) is 0 Å². The van der Waals surface area contributed by atoms with Gasteiger partial charge in [0.25, 0.3) is 0 Å². The van der Waals surface area contributed by atoms with Crippen LogP contribution in [0, 0.1) is 0 Å². The number of fused-ring (bicyclic) bond motifs is 2. The molecule has 2 saturated heterocycles. The first-order valence-electron chi connectivity index (χ1n) is 5.69. The number of nitrogens with zero attached hydrogens (tertiary/aromatic N) is 2. The van der Waals surface area contributed by atoms with Crippen LogP contribution in [-0.2, 0) is 0 Å². The Balaban J connectivity index is 1.80. The summed E-state index contributed by atoms with van der Waals surface area (Å²) in [6, 6.07) is 6.74. The van der Waals surface area contributed by atoms with Crippen molar-refractivity contribution in [3.05, 3.63) is 24.5 Å². The van der Waals surface area contributed by atoms with Crippen molar-refractivity contribution < 1.29 is 0 Å². The van der Waals surface area contributed by atoms with Crippen molar-refractivity contribution in [2.45, 2.75) is 43.8 Å². The van der Waals surface area contributed by atoms with Crippen molar-refractivity contribution in [3.63, 3.8) is 0 Å². The highest BCUT2D eigenvalue weighted by atomic mass is 15.2. The van der Waals surface area contributed by atoms with E-state index in [-0.39, 0.29) is 0 Å². The van der Waals surface area contributed by atoms with Crippen LogP contribution in [0.2, 0.25) is 0 Å². The van der Waals surface area contributed by atoms with Gasteiger partial charge < -0.3 is 9.47 Å². The van der Waals surface area contributed by atoms with Crippen molar-refractivity contribution in [1.82, 2.24) is 9.47 Å². The summed E-state index contributed by atoms with van der Waals surface area (Å²) >= 11 is 0. The Kier molecular flexibility index (Phi) is 1.91. The molecule has 0 amide bonds. The fraction of sp³-hybridized carbons (Fsp3) is 0.667. The van der Waals surface area contributed by atoms with E-state index in [0.29, 0.717) is 0 Å². The molecule has 1 aromatic heterocycles. The second kappa shape index (κ2) is 3.13. The first-order chi connectivity index (χ1) is 6.84. The van der Waals surface area contributed by atoms with Gasteiger partial charge in [-0.3, -0.25) is 0 Å². The molecule has 0 N–H and O–H groups in total. The average molecular weight is 190 g/mol. The molecule has 0 unspecified atom stereocenters. The lowest BCUT2D eigenvalue weighted by atomic mass is 9.98. The number of hydrogen-bond acceptors (Lipinski definition) is 1. The first kappa shape index (κ1) is 8.54. The molecule has 76 valence electrons. The molecule has 3 rings (SSSR count). The van der Waals surface area contributed by atoms with Gasteiger partial charge in [-0.1, -0.05) is 0 Å². The molecule has 0 aromatic carbocycles. The van der Waals surface area contributed by atoms with E-state index < -0.39 is 0 Å². The smallest absolute Gasteiger partial charge is 0.0360 e. The molecule has 0 saturated carbocycles. The third-order valence-electron chi connectivity index (χ3n) is 4.12. The van der Waals surface area contributed by atoms with E-state index in [1.807, 2.05) is 0 Å². The summed E-state index contributed by atoms with van der Waals surface area (Å²) in [5.74, 6) is 0.